The van der Waals surface area contributed by atoms with E-state index in [1.165, 1.54) is 55.5 Å². The van der Waals surface area contributed by atoms with Crippen molar-refractivity contribution in [2.75, 3.05) is 63.9 Å². The van der Waals surface area contributed by atoms with Crippen LogP contribution in [0.3, 0.4) is 0 Å². The van der Waals surface area contributed by atoms with E-state index in [1.807, 2.05) is 0 Å². The minimum absolute atomic E-state index is 0.0254. The number of ether oxygens (including phenoxy) is 2. The maximum atomic E-state index is 12.9. The van der Waals surface area contributed by atoms with Gasteiger partial charge in [0.05, 0.1) is 26.6 Å². The summed E-state index contributed by atoms with van der Waals surface area (Å²) < 4.78 is 70.0. The van der Waals surface area contributed by atoms with E-state index in [1.54, 1.807) is 42.5 Å². The first-order valence-electron chi connectivity index (χ1n) is 23.3. The number of anilines is 2. The Labute approximate surface area is 423 Å². The number of aromatic amines is 2. The summed E-state index contributed by atoms with van der Waals surface area (Å²) in [4.78, 5) is 79.1. The number of benzene rings is 1. The number of fused-ring (bicyclic) bond motifs is 2. The molecule has 30 nitrogen and oxygen atoms in total. The molecule has 6 heterocycles. The van der Waals surface area contributed by atoms with Crippen LogP contribution in [0, 0.1) is 0 Å². The fourth-order valence-electron chi connectivity index (χ4n) is 7.80. The number of H-pyrrole nitrogens is 2. The predicted octanol–water partition coefficient (Wildman–Crippen LogP) is -0.313. The van der Waals surface area contributed by atoms with Crippen molar-refractivity contribution in [1.29, 1.82) is 0 Å². The van der Waals surface area contributed by atoms with Gasteiger partial charge in [0, 0.05) is 6.08 Å². The number of aliphatic hydroxyl groups excluding tert-OH is 4. The molecule has 0 bridgehead atoms. The average molecular weight is 1110 g/mol. The van der Waals surface area contributed by atoms with Gasteiger partial charge < -0.3 is 70.4 Å². The monoisotopic (exact) mass is 1110 g/mol. The number of hydrogen-bond donors (Lipinski definition) is 10. The number of phosphoric acid groups is 3. The van der Waals surface area contributed by atoms with Crippen molar-refractivity contribution < 1.29 is 80.5 Å². The van der Waals surface area contributed by atoms with Crippen molar-refractivity contribution in [2.45, 2.75) is 90.6 Å². The molecule has 0 radical (unpaired) electrons. The molecule has 0 saturated carbocycles. The molecule has 74 heavy (non-hydrogen) atoms. The molecule has 0 spiro atoms. The standard InChI is InChI=1S/C29H35N10O18P3.2C6H15N/c1-37-15(8-7-12-5-3-2-4-6-12)39(23-17(37)25(45)36-29(31)34-23)27-21(43)19(41)14(55-27)10-53-59(48,49)57-60(50,51)56-58(46,47)52-9-13-18(40)20(42)26(54-13)38-11-32-16-22(38)33-28(30)35-24(16)44;2*1-4-7(5-2)6-3/h2-8,11,13-14,18-21,26-27,40-43H,9-10H2,1H3,(H8-,30,31,33,34,35,36,44,45,46,47,48,49,50,51);2*4-6H2,1-3H3/b8-7+;;/t13-,14-,18-,19-,20-,21-,26-,27-;;/m1../s1. The summed E-state index contributed by atoms with van der Waals surface area (Å²) in [5.74, 6) is -0.432. The van der Waals surface area contributed by atoms with E-state index in [0.717, 1.165) is 16.5 Å². The van der Waals surface area contributed by atoms with Crippen LogP contribution in [-0.2, 0) is 47.9 Å². The van der Waals surface area contributed by atoms with Gasteiger partial charge in [0.15, 0.2) is 17.4 Å². The molecule has 4 aromatic heterocycles. The van der Waals surface area contributed by atoms with E-state index in [9.17, 15) is 58.4 Å². The largest absolute Gasteiger partial charge is 0.756 e. The van der Waals surface area contributed by atoms with E-state index >= 15 is 0 Å². The Morgan fingerprint density at radius 1 is 0.757 bits per heavy atom. The predicted molar refractivity (Wildman–Crippen MR) is 264 cm³/mol. The van der Waals surface area contributed by atoms with Gasteiger partial charge in [-0.2, -0.15) is 13.9 Å². The molecule has 2 aliphatic rings. The van der Waals surface area contributed by atoms with E-state index in [4.69, 9.17) is 20.9 Å². The third-order valence-corrected chi connectivity index (χ3v) is 16.0. The summed E-state index contributed by atoms with van der Waals surface area (Å²) in [6.45, 7) is 18.0. The van der Waals surface area contributed by atoms with Gasteiger partial charge in [0.1, 0.15) is 36.6 Å². The lowest BCUT2D eigenvalue weighted by Crippen LogP contribution is -2.48. The zero-order chi connectivity index (χ0) is 54.9. The summed E-state index contributed by atoms with van der Waals surface area (Å²) >= 11 is 0. The summed E-state index contributed by atoms with van der Waals surface area (Å²) in [5, 5.41) is 43.0. The third-order valence-electron chi connectivity index (χ3n) is 11.8. The van der Waals surface area contributed by atoms with Crippen molar-refractivity contribution >= 4 is 69.8 Å². The number of nitrogens with one attached hydrogen (secondary N) is 2. The van der Waals surface area contributed by atoms with Crippen molar-refractivity contribution in [3.05, 3.63) is 68.8 Å². The minimum atomic E-state index is -6.11. The molecule has 11 atom stereocenters. The maximum Gasteiger partial charge on any atom is 0.487 e. The van der Waals surface area contributed by atoms with Gasteiger partial charge in [-0.1, -0.05) is 76.9 Å². The molecular formula is C41H65N12O18P3. The number of rotatable bonds is 20. The second-order valence-electron chi connectivity index (χ2n) is 16.4. The van der Waals surface area contributed by atoms with Crippen molar-refractivity contribution in [1.82, 2.24) is 43.9 Å². The first-order valence-corrected chi connectivity index (χ1v) is 27.7. The van der Waals surface area contributed by atoms with Crippen LogP contribution in [0.5, 0.6) is 0 Å². The van der Waals surface area contributed by atoms with E-state index in [0.29, 0.717) is 0 Å². The van der Waals surface area contributed by atoms with Gasteiger partial charge in [-0.15, -0.1) is 0 Å². The Bertz CT molecular complexity index is 2930. The Balaban J connectivity index is 0.000000636. The Morgan fingerprint density at radius 2 is 1.30 bits per heavy atom. The van der Waals surface area contributed by atoms with E-state index in [-0.39, 0.29) is 40.0 Å². The number of aryl methyl sites for hydroxylation is 1. The topological polar surface area (TPSA) is 428 Å². The second kappa shape index (κ2) is 25.9. The zero-order valence-corrected chi connectivity index (χ0v) is 44.2. The minimum Gasteiger partial charge on any atom is -0.756 e. The molecule has 0 aliphatic carbocycles. The number of phosphoric ester groups is 2. The normalized spacial score (nSPS) is 24.4. The maximum absolute atomic E-state index is 12.9. The van der Waals surface area contributed by atoms with E-state index < -0.39 is 96.9 Å². The zero-order valence-electron chi connectivity index (χ0n) is 41.6. The van der Waals surface area contributed by atoms with Crippen molar-refractivity contribution in [3.8, 4) is 0 Å². The molecular weight excluding hydrogens is 1040 g/mol. The molecule has 5 aromatic rings. The van der Waals surface area contributed by atoms with Gasteiger partial charge in [-0.05, 0) is 50.9 Å². The van der Waals surface area contributed by atoms with Crippen molar-refractivity contribution in [3.63, 3.8) is 0 Å². The molecule has 412 valence electrons. The number of nitrogens with two attached hydrogens (primary N) is 2. The quantitative estimate of drug-likeness (QED) is 0.0353. The molecule has 2 saturated heterocycles. The van der Waals surface area contributed by atoms with Gasteiger partial charge in [0.25, 0.3) is 24.9 Å². The molecule has 33 heteroatoms. The number of imidazole rings is 2. The van der Waals surface area contributed by atoms with Crippen LogP contribution in [0.2, 0.25) is 0 Å². The van der Waals surface area contributed by atoms with Crippen molar-refractivity contribution in [2.24, 2.45) is 7.05 Å². The lowest BCUT2D eigenvalue weighted by Gasteiger charge is -2.26. The average Bonchev–Trinajstić information content (AvgIpc) is 4.05. The van der Waals surface area contributed by atoms with Crippen LogP contribution in [0.1, 0.15) is 65.4 Å². The Morgan fingerprint density at radius 3 is 1.88 bits per heavy atom. The summed E-state index contributed by atoms with van der Waals surface area (Å²) in [5.41, 5.74) is 10.2. The van der Waals surface area contributed by atoms with Gasteiger partial charge in [0.2, 0.25) is 23.5 Å². The fraction of sp³-hybridized carbons (Fsp3) is 0.561. The van der Waals surface area contributed by atoms with Gasteiger partial charge in [-0.25, -0.2) is 18.4 Å². The number of hydrogen-bond acceptors (Lipinski definition) is 23. The number of nitrogen functional groups attached to an aromatic ring is 2. The molecule has 2 aliphatic heterocycles. The van der Waals surface area contributed by atoms with E-state index in [2.05, 4.69) is 93.9 Å². The highest BCUT2D eigenvalue weighted by atomic mass is 31.3. The van der Waals surface area contributed by atoms with Gasteiger partial charge in [-0.3, -0.25) is 37.8 Å². The summed E-state index contributed by atoms with van der Waals surface area (Å²) in [6.07, 6.45) is -9.57. The van der Waals surface area contributed by atoms with Crippen LogP contribution in [0.25, 0.3) is 34.5 Å². The molecule has 12 N–H and O–H groups in total. The first-order chi connectivity index (χ1) is 34.8. The first kappa shape index (κ1) is 60.2. The fourth-order valence-corrected chi connectivity index (χ4v) is 11.3. The highest BCUT2D eigenvalue weighted by molar-refractivity contribution is 7.66. The van der Waals surface area contributed by atoms with Crippen LogP contribution in [0.4, 0.5) is 11.9 Å². The Kier molecular flexibility index (Phi) is 21.1. The lowest BCUT2D eigenvalue weighted by atomic mass is 10.1. The summed E-state index contributed by atoms with van der Waals surface area (Å²) in [7, 11) is -16.4. The molecule has 2 fully saturated rings. The summed E-state index contributed by atoms with van der Waals surface area (Å²) in [6, 6.07) is 8.90. The van der Waals surface area contributed by atoms with Crippen LogP contribution >= 0.6 is 23.5 Å². The van der Waals surface area contributed by atoms with Crippen LogP contribution < -0.4 is 32.0 Å². The SMILES string of the molecule is CCN(CC)CC.CCN(CC)CC.Cn1c(/C=C/c2ccccc2)[n+]([C@@H]2O[C@H](COP(=O)([O-])OP(=O)(O)OP(=O)(O)OC[C@H]3O[C@@H](n4cnc5c(=O)[nH]c(N)nc54)[C@H](O)[C@@H]3O)[C@@H](O)[C@H]2O)c2nc(N)[nH]c(=O)c21. The molecule has 1 aromatic carbocycles. The number of aliphatic hydroxyl groups is 4. The van der Waals surface area contributed by atoms with Crippen LogP contribution in [0.15, 0.2) is 46.2 Å². The lowest BCUT2D eigenvalue weighted by molar-refractivity contribution is -0.747. The molecule has 3 unspecified atom stereocenters. The van der Waals surface area contributed by atoms with Crippen LogP contribution in [-0.4, -0.2) is 163 Å². The molecule has 7 rings (SSSR count). The van der Waals surface area contributed by atoms with Gasteiger partial charge >= 0.3 is 21.3 Å². The highest BCUT2D eigenvalue weighted by Crippen LogP contribution is 2.66. The second-order valence-corrected chi connectivity index (χ2v) is 21.0. The number of aromatic nitrogens is 8. The smallest absolute Gasteiger partial charge is 0.487 e. The molecule has 0 amide bonds. The third kappa shape index (κ3) is 14.8. The highest BCUT2D eigenvalue weighted by Gasteiger charge is 2.50. The Hall–Kier alpha value is -4.65. The number of nitrogens with zero attached hydrogens (tertiary/aromatic N) is 8.